The molecule has 0 bridgehead atoms. The number of aliphatic hydroxyl groups excluding tert-OH is 1. The molecule has 0 aliphatic heterocycles. The summed E-state index contributed by atoms with van der Waals surface area (Å²) in [6.45, 7) is 4.69. The fourth-order valence-electron chi connectivity index (χ4n) is 2.81. The molecule has 1 saturated carbocycles. The Balaban J connectivity index is 2.34. The van der Waals surface area contributed by atoms with E-state index in [9.17, 15) is 4.79 Å². The van der Waals surface area contributed by atoms with Gasteiger partial charge in [-0.05, 0) is 37.5 Å². The Bertz CT molecular complexity index is 228. The van der Waals surface area contributed by atoms with Crippen LogP contribution >= 0.6 is 0 Å². The van der Waals surface area contributed by atoms with Crippen molar-refractivity contribution in [2.24, 2.45) is 11.8 Å². The minimum atomic E-state index is 0.163. The molecule has 100 valence electrons. The Hall–Kier alpha value is -0.570. The monoisotopic (exact) mass is 241 g/mol. The number of hydrogen-bond acceptors (Lipinski definition) is 2. The molecule has 0 aromatic rings. The Morgan fingerprint density at radius 2 is 2.00 bits per heavy atom. The first-order valence-corrected chi connectivity index (χ1v) is 7.05. The van der Waals surface area contributed by atoms with E-state index in [0.717, 1.165) is 19.3 Å². The van der Waals surface area contributed by atoms with Gasteiger partial charge in [0.25, 0.3) is 0 Å². The lowest BCUT2D eigenvalue weighted by atomic mass is 9.78. The predicted octanol–water partition coefficient (Wildman–Crippen LogP) is 2.48. The third-order valence-electron chi connectivity index (χ3n) is 3.83. The van der Waals surface area contributed by atoms with Crippen LogP contribution in [0, 0.1) is 11.8 Å². The highest BCUT2D eigenvalue weighted by Gasteiger charge is 2.28. The van der Waals surface area contributed by atoms with E-state index >= 15 is 0 Å². The molecular formula is C14H27NO2. The minimum Gasteiger partial charge on any atom is -0.396 e. The van der Waals surface area contributed by atoms with Gasteiger partial charge < -0.3 is 10.4 Å². The van der Waals surface area contributed by atoms with Crippen molar-refractivity contribution in [3.8, 4) is 0 Å². The van der Waals surface area contributed by atoms with E-state index < -0.39 is 0 Å². The van der Waals surface area contributed by atoms with E-state index in [1.54, 1.807) is 0 Å². The minimum absolute atomic E-state index is 0.163. The van der Waals surface area contributed by atoms with Crippen molar-refractivity contribution in [1.29, 1.82) is 0 Å². The summed E-state index contributed by atoms with van der Waals surface area (Å²) in [5.41, 5.74) is 0. The van der Waals surface area contributed by atoms with Crippen molar-refractivity contribution in [3.05, 3.63) is 0 Å². The summed E-state index contributed by atoms with van der Waals surface area (Å²) in [4.78, 5) is 11.8. The highest BCUT2D eigenvalue weighted by atomic mass is 16.2. The highest BCUT2D eigenvalue weighted by Crippen LogP contribution is 2.30. The molecule has 1 fully saturated rings. The standard InChI is InChI=1S/C14H27NO2/c1-11(2)12-7-3-4-8-13(12)15-14(17)9-5-6-10-16/h11-13,16H,3-10H2,1-2H3,(H,15,17). The van der Waals surface area contributed by atoms with Gasteiger partial charge in [-0.1, -0.05) is 26.7 Å². The molecule has 1 aliphatic carbocycles. The summed E-state index contributed by atoms with van der Waals surface area (Å²) >= 11 is 0. The first-order valence-electron chi connectivity index (χ1n) is 7.05. The Labute approximate surface area is 105 Å². The quantitative estimate of drug-likeness (QED) is 0.702. The molecule has 0 radical (unpaired) electrons. The van der Waals surface area contributed by atoms with Gasteiger partial charge in [-0.3, -0.25) is 4.79 Å². The number of hydrogen-bond donors (Lipinski definition) is 2. The zero-order valence-electron chi connectivity index (χ0n) is 11.2. The molecule has 2 N–H and O–H groups in total. The van der Waals surface area contributed by atoms with Crippen LogP contribution in [0.4, 0.5) is 0 Å². The second-order valence-electron chi connectivity index (χ2n) is 5.55. The molecule has 3 heteroatoms. The number of amides is 1. The Morgan fingerprint density at radius 1 is 1.29 bits per heavy atom. The maximum absolute atomic E-state index is 11.8. The van der Waals surface area contributed by atoms with Gasteiger partial charge in [0.1, 0.15) is 0 Å². The first-order chi connectivity index (χ1) is 8.15. The number of nitrogens with one attached hydrogen (secondary N) is 1. The van der Waals surface area contributed by atoms with Crippen molar-refractivity contribution in [2.45, 2.75) is 64.8 Å². The first kappa shape index (κ1) is 14.5. The molecular weight excluding hydrogens is 214 g/mol. The van der Waals surface area contributed by atoms with E-state index in [1.165, 1.54) is 19.3 Å². The highest BCUT2D eigenvalue weighted by molar-refractivity contribution is 5.76. The molecule has 3 nitrogen and oxygen atoms in total. The number of carbonyl (C=O) groups excluding carboxylic acids is 1. The molecule has 1 aliphatic rings. The van der Waals surface area contributed by atoms with Crippen LogP contribution in [0.3, 0.4) is 0 Å². The molecule has 2 unspecified atom stereocenters. The summed E-state index contributed by atoms with van der Waals surface area (Å²) in [5.74, 6) is 1.46. The number of aliphatic hydroxyl groups is 1. The molecule has 1 amide bonds. The largest absolute Gasteiger partial charge is 0.396 e. The van der Waals surface area contributed by atoms with Gasteiger partial charge in [0.2, 0.25) is 5.91 Å². The zero-order valence-corrected chi connectivity index (χ0v) is 11.2. The Morgan fingerprint density at radius 3 is 2.65 bits per heavy atom. The number of rotatable bonds is 6. The lowest BCUT2D eigenvalue weighted by Gasteiger charge is -2.34. The van der Waals surface area contributed by atoms with Gasteiger partial charge in [0.15, 0.2) is 0 Å². The van der Waals surface area contributed by atoms with Crippen LogP contribution in [-0.4, -0.2) is 23.7 Å². The smallest absolute Gasteiger partial charge is 0.220 e. The molecule has 17 heavy (non-hydrogen) atoms. The predicted molar refractivity (Wildman–Crippen MR) is 69.7 cm³/mol. The second kappa shape index (κ2) is 7.70. The summed E-state index contributed by atoms with van der Waals surface area (Å²) in [5, 5.41) is 11.9. The van der Waals surface area contributed by atoms with Crippen LogP contribution in [-0.2, 0) is 4.79 Å². The number of carbonyl (C=O) groups is 1. The maximum Gasteiger partial charge on any atom is 0.220 e. The fraction of sp³-hybridized carbons (Fsp3) is 0.929. The van der Waals surface area contributed by atoms with Crippen molar-refractivity contribution in [1.82, 2.24) is 5.32 Å². The van der Waals surface area contributed by atoms with E-state index in [1.807, 2.05) is 0 Å². The van der Waals surface area contributed by atoms with Crippen molar-refractivity contribution >= 4 is 5.91 Å². The van der Waals surface area contributed by atoms with Crippen LogP contribution < -0.4 is 5.32 Å². The SMILES string of the molecule is CC(C)C1CCCCC1NC(=O)CCCCO. The normalized spacial score (nSPS) is 24.9. The zero-order chi connectivity index (χ0) is 12.7. The third kappa shape index (κ3) is 5.07. The van der Waals surface area contributed by atoms with E-state index in [2.05, 4.69) is 19.2 Å². The summed E-state index contributed by atoms with van der Waals surface area (Å²) in [6, 6.07) is 0.380. The van der Waals surface area contributed by atoms with Gasteiger partial charge in [0, 0.05) is 19.1 Å². The van der Waals surface area contributed by atoms with E-state index in [-0.39, 0.29) is 12.5 Å². The van der Waals surface area contributed by atoms with Gasteiger partial charge in [0.05, 0.1) is 0 Å². The molecule has 0 saturated heterocycles. The second-order valence-corrected chi connectivity index (χ2v) is 5.55. The molecule has 1 rings (SSSR count). The molecule has 0 spiro atoms. The topological polar surface area (TPSA) is 49.3 Å². The summed E-state index contributed by atoms with van der Waals surface area (Å²) in [6.07, 6.45) is 7.01. The van der Waals surface area contributed by atoms with Gasteiger partial charge in [-0.25, -0.2) is 0 Å². The fourth-order valence-corrected chi connectivity index (χ4v) is 2.81. The molecule has 0 aromatic carbocycles. The van der Waals surface area contributed by atoms with Crippen molar-refractivity contribution in [2.75, 3.05) is 6.61 Å². The number of unbranched alkanes of at least 4 members (excludes halogenated alkanes) is 1. The van der Waals surface area contributed by atoms with Gasteiger partial charge >= 0.3 is 0 Å². The lowest BCUT2D eigenvalue weighted by molar-refractivity contribution is -0.122. The van der Waals surface area contributed by atoms with Crippen LogP contribution in [0.15, 0.2) is 0 Å². The molecule has 0 aromatic heterocycles. The lowest BCUT2D eigenvalue weighted by Crippen LogP contribution is -2.43. The Kier molecular flexibility index (Phi) is 6.56. The average Bonchev–Trinajstić information content (AvgIpc) is 2.29. The summed E-state index contributed by atoms with van der Waals surface area (Å²) in [7, 11) is 0. The van der Waals surface area contributed by atoms with Crippen LogP contribution in [0.5, 0.6) is 0 Å². The average molecular weight is 241 g/mol. The molecule has 0 heterocycles. The maximum atomic E-state index is 11.8. The third-order valence-corrected chi connectivity index (χ3v) is 3.83. The van der Waals surface area contributed by atoms with Crippen molar-refractivity contribution in [3.63, 3.8) is 0 Å². The summed E-state index contributed by atoms with van der Waals surface area (Å²) < 4.78 is 0. The van der Waals surface area contributed by atoms with Gasteiger partial charge in [-0.15, -0.1) is 0 Å². The van der Waals surface area contributed by atoms with Crippen LogP contribution in [0.25, 0.3) is 0 Å². The molecule has 2 atom stereocenters. The van der Waals surface area contributed by atoms with Gasteiger partial charge in [-0.2, -0.15) is 0 Å². The van der Waals surface area contributed by atoms with Crippen LogP contribution in [0.2, 0.25) is 0 Å². The van der Waals surface area contributed by atoms with E-state index in [4.69, 9.17) is 5.11 Å². The van der Waals surface area contributed by atoms with E-state index in [0.29, 0.717) is 24.3 Å². The van der Waals surface area contributed by atoms with Crippen LogP contribution in [0.1, 0.15) is 58.8 Å². The van der Waals surface area contributed by atoms with Crippen molar-refractivity contribution < 1.29 is 9.90 Å².